The average Bonchev–Trinajstić information content (AvgIpc) is 3.12. The zero-order chi connectivity index (χ0) is 16.2. The standard InChI is InChI=1S/C21H34O2/c1-3-5-6-7-8-9-10-15-11-12-16-13-18-19(14-17(15)16)20(18)21(22)23-4-2/h15,18-20H,3-14H2,1-2H3/t15-,18-,19+,20+/m1/s1. The molecule has 2 nitrogen and oxygen atoms in total. The second-order valence-corrected chi connectivity index (χ2v) is 7.93. The van der Waals surface area contributed by atoms with Crippen molar-refractivity contribution in [3.8, 4) is 0 Å². The summed E-state index contributed by atoms with van der Waals surface area (Å²) in [5.74, 6) is 2.41. The smallest absolute Gasteiger partial charge is 0.309 e. The number of fused-ring (bicyclic) bond motifs is 1. The molecule has 130 valence electrons. The molecule has 3 aliphatic rings. The van der Waals surface area contributed by atoms with Crippen molar-refractivity contribution in [1.29, 1.82) is 0 Å². The van der Waals surface area contributed by atoms with Gasteiger partial charge in [0.25, 0.3) is 0 Å². The summed E-state index contributed by atoms with van der Waals surface area (Å²) < 4.78 is 5.26. The van der Waals surface area contributed by atoms with Crippen LogP contribution in [0.25, 0.3) is 0 Å². The van der Waals surface area contributed by atoms with Gasteiger partial charge in [-0.2, -0.15) is 0 Å². The van der Waals surface area contributed by atoms with Crippen molar-refractivity contribution in [2.75, 3.05) is 6.61 Å². The molecule has 0 aromatic rings. The summed E-state index contributed by atoms with van der Waals surface area (Å²) >= 11 is 0. The lowest BCUT2D eigenvalue weighted by Gasteiger charge is -2.19. The molecule has 0 amide bonds. The number of ether oxygens (including phenoxy) is 1. The van der Waals surface area contributed by atoms with Crippen molar-refractivity contribution in [3.63, 3.8) is 0 Å². The van der Waals surface area contributed by atoms with Gasteiger partial charge in [-0.15, -0.1) is 0 Å². The molecule has 0 radical (unpaired) electrons. The van der Waals surface area contributed by atoms with Crippen LogP contribution in [0.3, 0.4) is 0 Å². The zero-order valence-corrected chi connectivity index (χ0v) is 15.1. The maximum atomic E-state index is 12.0. The van der Waals surface area contributed by atoms with Crippen LogP contribution in [-0.4, -0.2) is 12.6 Å². The summed E-state index contributed by atoms with van der Waals surface area (Å²) in [4.78, 5) is 12.0. The number of unbranched alkanes of at least 4 members (excludes halogenated alkanes) is 5. The third-order valence-corrected chi connectivity index (χ3v) is 6.48. The van der Waals surface area contributed by atoms with Gasteiger partial charge in [0.15, 0.2) is 0 Å². The van der Waals surface area contributed by atoms with Crippen molar-refractivity contribution in [2.24, 2.45) is 23.7 Å². The van der Waals surface area contributed by atoms with E-state index in [0.29, 0.717) is 18.4 Å². The summed E-state index contributed by atoms with van der Waals surface area (Å²) in [5.41, 5.74) is 3.50. The highest BCUT2D eigenvalue weighted by Gasteiger charge is 2.58. The molecule has 0 unspecified atom stereocenters. The quantitative estimate of drug-likeness (QED) is 0.311. The fraction of sp³-hybridized carbons (Fsp3) is 0.857. The lowest BCUT2D eigenvalue weighted by atomic mass is 9.87. The van der Waals surface area contributed by atoms with E-state index in [0.717, 1.165) is 5.92 Å². The van der Waals surface area contributed by atoms with Crippen LogP contribution in [0.5, 0.6) is 0 Å². The molecule has 0 aromatic heterocycles. The van der Waals surface area contributed by atoms with Crippen LogP contribution in [0.2, 0.25) is 0 Å². The first kappa shape index (κ1) is 17.0. The molecule has 4 atom stereocenters. The molecule has 3 rings (SSSR count). The highest BCUT2D eigenvalue weighted by molar-refractivity contribution is 5.77. The van der Waals surface area contributed by atoms with Crippen LogP contribution in [0.15, 0.2) is 11.1 Å². The van der Waals surface area contributed by atoms with Gasteiger partial charge in [0.2, 0.25) is 0 Å². The predicted octanol–water partition coefficient (Wildman–Crippen LogP) is 5.66. The Morgan fingerprint density at radius 2 is 1.78 bits per heavy atom. The van der Waals surface area contributed by atoms with Gasteiger partial charge in [-0.3, -0.25) is 4.79 Å². The summed E-state index contributed by atoms with van der Waals surface area (Å²) in [5, 5.41) is 0. The Morgan fingerprint density at radius 3 is 2.57 bits per heavy atom. The molecule has 0 saturated heterocycles. The number of carbonyl (C=O) groups is 1. The van der Waals surface area contributed by atoms with E-state index < -0.39 is 0 Å². The molecule has 0 heterocycles. The summed E-state index contributed by atoms with van der Waals surface area (Å²) in [6.45, 7) is 4.73. The topological polar surface area (TPSA) is 26.3 Å². The maximum Gasteiger partial charge on any atom is 0.309 e. The second-order valence-electron chi connectivity index (χ2n) is 7.93. The molecular formula is C21H34O2. The van der Waals surface area contributed by atoms with E-state index in [1.165, 1.54) is 70.6 Å². The van der Waals surface area contributed by atoms with E-state index >= 15 is 0 Å². The third-order valence-electron chi connectivity index (χ3n) is 6.48. The number of esters is 1. The Balaban J connectivity index is 1.42. The van der Waals surface area contributed by atoms with Crippen LogP contribution in [0, 0.1) is 23.7 Å². The minimum Gasteiger partial charge on any atom is -0.466 e. The van der Waals surface area contributed by atoms with Gasteiger partial charge in [-0.25, -0.2) is 0 Å². The van der Waals surface area contributed by atoms with Gasteiger partial charge in [0, 0.05) is 0 Å². The van der Waals surface area contributed by atoms with E-state index in [1.54, 1.807) is 11.1 Å². The Kier molecular flexibility index (Phi) is 5.82. The Morgan fingerprint density at radius 1 is 1.04 bits per heavy atom. The molecule has 0 bridgehead atoms. The van der Waals surface area contributed by atoms with Gasteiger partial charge >= 0.3 is 5.97 Å². The number of hydrogen-bond acceptors (Lipinski definition) is 2. The van der Waals surface area contributed by atoms with Crippen molar-refractivity contribution in [2.45, 2.75) is 84.5 Å². The second kappa shape index (κ2) is 7.85. The Labute approximate surface area is 142 Å². The number of carbonyl (C=O) groups excluding carboxylic acids is 1. The predicted molar refractivity (Wildman–Crippen MR) is 94.1 cm³/mol. The lowest BCUT2D eigenvalue weighted by Crippen LogP contribution is -2.08. The Hall–Kier alpha value is -0.790. The number of allylic oxidation sites excluding steroid dienone is 2. The summed E-state index contributed by atoms with van der Waals surface area (Å²) in [7, 11) is 0. The first-order chi connectivity index (χ1) is 11.3. The highest BCUT2D eigenvalue weighted by atomic mass is 16.5. The minimum absolute atomic E-state index is 0.0798. The SMILES string of the molecule is CCCCCCCC[C@@H]1CCC2=C1C[C@H]1[C@@H](C2)[C@@H]1C(=O)OCC. The lowest BCUT2D eigenvalue weighted by molar-refractivity contribution is -0.145. The van der Waals surface area contributed by atoms with Crippen molar-refractivity contribution in [1.82, 2.24) is 0 Å². The maximum absolute atomic E-state index is 12.0. The monoisotopic (exact) mass is 318 g/mol. The molecule has 1 saturated carbocycles. The van der Waals surface area contributed by atoms with E-state index in [4.69, 9.17) is 4.74 Å². The van der Waals surface area contributed by atoms with Crippen LogP contribution >= 0.6 is 0 Å². The first-order valence-electron chi connectivity index (χ1n) is 10.1. The van der Waals surface area contributed by atoms with Crippen molar-refractivity contribution < 1.29 is 9.53 Å². The fourth-order valence-corrected chi connectivity index (χ4v) is 5.13. The van der Waals surface area contributed by atoms with E-state index in [9.17, 15) is 4.79 Å². The summed E-state index contributed by atoms with van der Waals surface area (Å²) in [6.07, 6.45) is 14.9. The van der Waals surface area contributed by atoms with Crippen LogP contribution in [0.1, 0.15) is 84.5 Å². The first-order valence-corrected chi connectivity index (χ1v) is 10.1. The number of hydrogen-bond donors (Lipinski definition) is 0. The fourth-order valence-electron chi connectivity index (χ4n) is 5.13. The molecule has 23 heavy (non-hydrogen) atoms. The molecule has 0 aliphatic heterocycles. The minimum atomic E-state index is 0.0798. The van der Waals surface area contributed by atoms with Crippen LogP contribution < -0.4 is 0 Å². The van der Waals surface area contributed by atoms with Crippen molar-refractivity contribution >= 4 is 5.97 Å². The van der Waals surface area contributed by atoms with Gasteiger partial charge in [0.05, 0.1) is 12.5 Å². The average molecular weight is 319 g/mol. The molecule has 1 fully saturated rings. The highest BCUT2D eigenvalue weighted by Crippen LogP contribution is 2.61. The molecule has 2 heteroatoms. The molecule has 0 spiro atoms. The van der Waals surface area contributed by atoms with Crippen LogP contribution in [0.4, 0.5) is 0 Å². The molecule has 0 N–H and O–H groups in total. The normalized spacial score (nSPS) is 31.7. The van der Waals surface area contributed by atoms with Gasteiger partial charge in [-0.05, 0) is 56.8 Å². The van der Waals surface area contributed by atoms with Crippen LogP contribution in [-0.2, 0) is 9.53 Å². The molecule has 0 aromatic carbocycles. The van der Waals surface area contributed by atoms with E-state index in [-0.39, 0.29) is 11.9 Å². The van der Waals surface area contributed by atoms with E-state index in [2.05, 4.69) is 6.92 Å². The number of rotatable bonds is 9. The third kappa shape index (κ3) is 3.83. The summed E-state index contributed by atoms with van der Waals surface area (Å²) in [6, 6.07) is 0. The largest absolute Gasteiger partial charge is 0.466 e. The van der Waals surface area contributed by atoms with E-state index in [1.807, 2.05) is 6.92 Å². The van der Waals surface area contributed by atoms with Gasteiger partial charge in [-0.1, -0.05) is 56.6 Å². The zero-order valence-electron chi connectivity index (χ0n) is 15.1. The Bertz CT molecular complexity index is 451. The van der Waals surface area contributed by atoms with Gasteiger partial charge < -0.3 is 4.74 Å². The van der Waals surface area contributed by atoms with Gasteiger partial charge in [0.1, 0.15) is 0 Å². The molecular weight excluding hydrogens is 284 g/mol. The van der Waals surface area contributed by atoms with Crippen molar-refractivity contribution in [3.05, 3.63) is 11.1 Å². The molecule has 3 aliphatic carbocycles.